The molecule has 1 saturated heterocycles. The summed E-state index contributed by atoms with van der Waals surface area (Å²) in [5.41, 5.74) is 2.08. The Morgan fingerprint density at radius 3 is 2.31 bits per heavy atom. The summed E-state index contributed by atoms with van der Waals surface area (Å²) in [6.45, 7) is 4.65. The molecule has 1 aliphatic heterocycles. The first-order valence-electron chi connectivity index (χ1n) is 10.4. The molecule has 3 heterocycles. The predicted molar refractivity (Wildman–Crippen MR) is 136 cm³/mol. The maximum absolute atomic E-state index is 5.81. The molecule has 0 bridgehead atoms. The fourth-order valence-corrected chi connectivity index (χ4v) is 3.43. The highest BCUT2D eigenvalue weighted by atomic mass is 127. The van der Waals surface area contributed by atoms with E-state index in [1.807, 2.05) is 43.4 Å². The van der Waals surface area contributed by atoms with Crippen molar-refractivity contribution in [2.45, 2.75) is 13.2 Å². The third kappa shape index (κ3) is 6.52. The molecular weight excluding hydrogens is 517 g/mol. The summed E-state index contributed by atoms with van der Waals surface area (Å²) in [6, 6.07) is 15.8. The number of aromatic nitrogens is 3. The highest BCUT2D eigenvalue weighted by molar-refractivity contribution is 14.0. The smallest absolute Gasteiger partial charge is 0.225 e. The fourth-order valence-electron chi connectivity index (χ4n) is 3.43. The Morgan fingerprint density at radius 2 is 1.66 bits per heavy atom. The van der Waals surface area contributed by atoms with Crippen LogP contribution in [0.15, 0.2) is 72.1 Å². The Labute approximate surface area is 205 Å². The van der Waals surface area contributed by atoms with Crippen molar-refractivity contribution >= 4 is 35.9 Å². The normalized spacial score (nSPS) is 14.0. The number of aliphatic imine (C=N–C) groups is 1. The van der Waals surface area contributed by atoms with Gasteiger partial charge in [-0.15, -0.1) is 24.0 Å². The number of nitrogens with zero attached hydrogens (tertiary/aromatic N) is 6. The number of ether oxygens (including phenoxy) is 1. The summed E-state index contributed by atoms with van der Waals surface area (Å²) in [4.78, 5) is 21.9. The molecule has 32 heavy (non-hydrogen) atoms. The number of nitrogens with one attached hydrogen (secondary N) is 1. The molecule has 9 heteroatoms. The van der Waals surface area contributed by atoms with E-state index >= 15 is 0 Å². The Morgan fingerprint density at radius 1 is 0.938 bits per heavy atom. The van der Waals surface area contributed by atoms with Crippen molar-refractivity contribution in [2.24, 2.45) is 4.99 Å². The van der Waals surface area contributed by atoms with Gasteiger partial charge in [-0.3, -0.25) is 9.98 Å². The van der Waals surface area contributed by atoms with Crippen molar-refractivity contribution in [1.82, 2.24) is 25.2 Å². The molecule has 2 aromatic heterocycles. The van der Waals surface area contributed by atoms with Gasteiger partial charge in [-0.05, 0) is 35.9 Å². The van der Waals surface area contributed by atoms with Crippen LogP contribution in [0, 0.1) is 0 Å². The highest BCUT2D eigenvalue weighted by Gasteiger charge is 2.20. The molecule has 0 radical (unpaired) electrons. The molecule has 168 valence electrons. The third-order valence-corrected chi connectivity index (χ3v) is 5.11. The Bertz CT molecular complexity index is 963. The molecular formula is C23H28IN7O. The van der Waals surface area contributed by atoms with Crippen LogP contribution in [0.5, 0.6) is 5.75 Å². The lowest BCUT2D eigenvalue weighted by Gasteiger charge is -2.36. The molecule has 1 N–H and O–H groups in total. The molecule has 0 saturated carbocycles. The van der Waals surface area contributed by atoms with E-state index in [-0.39, 0.29) is 24.0 Å². The van der Waals surface area contributed by atoms with Crippen molar-refractivity contribution in [2.75, 3.05) is 38.1 Å². The number of halogens is 1. The third-order valence-electron chi connectivity index (χ3n) is 5.11. The SMILES string of the molecule is CN=C(NCc1ccc(OCc2ccccn2)cc1)N1CCN(c2ncccn2)CC1.I. The molecule has 1 fully saturated rings. The van der Waals surface area contributed by atoms with E-state index in [1.165, 1.54) is 5.56 Å². The minimum atomic E-state index is 0. The van der Waals surface area contributed by atoms with Gasteiger partial charge < -0.3 is 19.9 Å². The van der Waals surface area contributed by atoms with E-state index in [0.717, 1.165) is 49.5 Å². The Balaban J connectivity index is 0.00000289. The maximum Gasteiger partial charge on any atom is 0.225 e. The lowest BCUT2D eigenvalue weighted by Crippen LogP contribution is -2.52. The number of guanidine groups is 1. The van der Waals surface area contributed by atoms with E-state index in [0.29, 0.717) is 13.2 Å². The van der Waals surface area contributed by atoms with Crippen LogP contribution in [0.2, 0.25) is 0 Å². The lowest BCUT2D eigenvalue weighted by molar-refractivity contribution is 0.301. The fraction of sp³-hybridized carbons (Fsp3) is 0.304. The van der Waals surface area contributed by atoms with E-state index < -0.39 is 0 Å². The lowest BCUT2D eigenvalue weighted by atomic mass is 10.2. The summed E-state index contributed by atoms with van der Waals surface area (Å²) < 4.78 is 5.81. The van der Waals surface area contributed by atoms with Gasteiger partial charge >= 0.3 is 0 Å². The van der Waals surface area contributed by atoms with Crippen molar-refractivity contribution in [3.63, 3.8) is 0 Å². The average Bonchev–Trinajstić information content (AvgIpc) is 2.85. The predicted octanol–water partition coefficient (Wildman–Crippen LogP) is 2.97. The minimum absolute atomic E-state index is 0. The summed E-state index contributed by atoms with van der Waals surface area (Å²) >= 11 is 0. The second-order valence-electron chi connectivity index (χ2n) is 7.18. The van der Waals surface area contributed by atoms with Crippen LogP contribution in [0.1, 0.15) is 11.3 Å². The Kier molecular flexibility index (Phi) is 9.02. The first-order valence-corrected chi connectivity index (χ1v) is 10.4. The molecule has 0 unspecified atom stereocenters. The molecule has 3 aromatic rings. The zero-order valence-electron chi connectivity index (χ0n) is 18.1. The first kappa shape index (κ1) is 23.7. The zero-order chi connectivity index (χ0) is 21.3. The van der Waals surface area contributed by atoms with E-state index in [9.17, 15) is 0 Å². The molecule has 0 atom stereocenters. The Hall–Kier alpha value is -2.95. The van der Waals surface area contributed by atoms with Crippen LogP contribution < -0.4 is 15.0 Å². The van der Waals surface area contributed by atoms with Crippen LogP contribution in [-0.4, -0.2) is 59.0 Å². The van der Waals surface area contributed by atoms with Gasteiger partial charge in [0, 0.05) is 58.4 Å². The molecule has 1 aliphatic rings. The number of hydrogen-bond acceptors (Lipinski definition) is 6. The standard InChI is InChI=1S/C23H27N7O.HI/c1-24-22(29-13-15-30(16-14-29)23-26-11-4-12-27-23)28-17-19-6-8-21(9-7-19)31-18-20-5-2-3-10-25-20;/h2-12H,13-18H2,1H3,(H,24,28);1H. The molecule has 0 amide bonds. The van der Waals surface area contributed by atoms with Gasteiger partial charge in [0.1, 0.15) is 12.4 Å². The van der Waals surface area contributed by atoms with Crippen LogP contribution in [0.3, 0.4) is 0 Å². The maximum atomic E-state index is 5.81. The number of piperazine rings is 1. The molecule has 1 aromatic carbocycles. The largest absolute Gasteiger partial charge is 0.487 e. The van der Waals surface area contributed by atoms with Crippen molar-refractivity contribution in [3.05, 3.63) is 78.4 Å². The van der Waals surface area contributed by atoms with Gasteiger partial charge in [0.05, 0.1) is 5.69 Å². The number of pyridine rings is 1. The summed E-state index contributed by atoms with van der Waals surface area (Å²) in [7, 11) is 1.82. The average molecular weight is 545 g/mol. The second-order valence-corrected chi connectivity index (χ2v) is 7.18. The first-order chi connectivity index (χ1) is 15.3. The summed E-state index contributed by atoms with van der Waals surface area (Å²) in [5.74, 6) is 2.53. The molecule has 4 rings (SSSR count). The van der Waals surface area contributed by atoms with Gasteiger partial charge in [-0.2, -0.15) is 0 Å². The van der Waals surface area contributed by atoms with E-state index in [4.69, 9.17) is 4.74 Å². The number of benzene rings is 1. The second kappa shape index (κ2) is 12.2. The summed E-state index contributed by atoms with van der Waals surface area (Å²) in [6.07, 6.45) is 5.34. The van der Waals surface area contributed by atoms with E-state index in [2.05, 4.69) is 47.2 Å². The number of anilines is 1. The van der Waals surface area contributed by atoms with Crippen LogP contribution in [-0.2, 0) is 13.2 Å². The van der Waals surface area contributed by atoms with Crippen molar-refractivity contribution < 1.29 is 4.74 Å². The van der Waals surface area contributed by atoms with Gasteiger partial charge in [0.2, 0.25) is 5.95 Å². The van der Waals surface area contributed by atoms with Crippen molar-refractivity contribution in [1.29, 1.82) is 0 Å². The minimum Gasteiger partial charge on any atom is -0.487 e. The monoisotopic (exact) mass is 545 g/mol. The van der Waals surface area contributed by atoms with Gasteiger partial charge in [0.15, 0.2) is 5.96 Å². The molecule has 0 aliphatic carbocycles. The quantitative estimate of drug-likeness (QED) is 0.290. The van der Waals surface area contributed by atoms with E-state index in [1.54, 1.807) is 18.6 Å². The molecule has 8 nitrogen and oxygen atoms in total. The van der Waals surface area contributed by atoms with Crippen LogP contribution >= 0.6 is 24.0 Å². The van der Waals surface area contributed by atoms with Crippen LogP contribution in [0.25, 0.3) is 0 Å². The number of hydrogen-bond donors (Lipinski definition) is 1. The van der Waals surface area contributed by atoms with Gasteiger partial charge in [-0.25, -0.2) is 9.97 Å². The topological polar surface area (TPSA) is 78.8 Å². The van der Waals surface area contributed by atoms with Gasteiger partial charge in [0.25, 0.3) is 0 Å². The van der Waals surface area contributed by atoms with Crippen LogP contribution in [0.4, 0.5) is 5.95 Å². The summed E-state index contributed by atoms with van der Waals surface area (Å²) in [5, 5.41) is 3.46. The zero-order valence-corrected chi connectivity index (χ0v) is 20.4. The number of rotatable bonds is 6. The highest BCUT2D eigenvalue weighted by Crippen LogP contribution is 2.14. The van der Waals surface area contributed by atoms with Crippen molar-refractivity contribution in [3.8, 4) is 5.75 Å². The van der Waals surface area contributed by atoms with Gasteiger partial charge in [-0.1, -0.05) is 18.2 Å². The molecule has 0 spiro atoms.